The summed E-state index contributed by atoms with van der Waals surface area (Å²) in [7, 11) is 0. The highest BCUT2D eigenvalue weighted by Crippen LogP contribution is 2.59. The number of allylic oxidation sites excluding steroid dienone is 6. The van der Waals surface area contributed by atoms with Crippen LogP contribution in [-0.2, 0) is 0 Å². The van der Waals surface area contributed by atoms with E-state index in [0.29, 0.717) is 17.3 Å². The summed E-state index contributed by atoms with van der Waals surface area (Å²) in [5, 5.41) is 10.0. The van der Waals surface area contributed by atoms with E-state index in [0.717, 1.165) is 37.0 Å². The molecule has 0 unspecified atom stereocenters. The Morgan fingerprint density at radius 3 is 2.52 bits per heavy atom. The van der Waals surface area contributed by atoms with Crippen LogP contribution in [-0.4, -0.2) is 11.2 Å². The van der Waals surface area contributed by atoms with Crippen LogP contribution in [0.1, 0.15) is 86.0 Å². The Bertz CT molecular complexity index is 678. The third kappa shape index (κ3) is 4.98. The second kappa shape index (κ2) is 9.38. The topological polar surface area (TPSA) is 20.2 Å². The first-order chi connectivity index (χ1) is 13.7. The first kappa shape index (κ1) is 22.6. The zero-order valence-electron chi connectivity index (χ0n) is 19.6. The number of fused-ring (bicyclic) bond motifs is 1. The van der Waals surface area contributed by atoms with Gasteiger partial charge in [0, 0.05) is 0 Å². The molecule has 0 amide bonds. The lowest BCUT2D eigenvalue weighted by molar-refractivity contribution is 0.112. The van der Waals surface area contributed by atoms with Gasteiger partial charge < -0.3 is 5.11 Å². The zero-order valence-corrected chi connectivity index (χ0v) is 19.6. The molecule has 1 N–H and O–H groups in total. The van der Waals surface area contributed by atoms with E-state index in [1.807, 2.05) is 0 Å². The lowest BCUT2D eigenvalue weighted by atomic mass is 9.61. The number of aliphatic hydroxyl groups excluding tert-OH is 1. The van der Waals surface area contributed by atoms with Gasteiger partial charge in [-0.2, -0.15) is 0 Å². The highest BCUT2D eigenvalue weighted by Gasteiger charge is 2.50. The largest absolute Gasteiger partial charge is 0.393 e. The normalized spacial score (nSPS) is 38.2. The van der Waals surface area contributed by atoms with Gasteiger partial charge in [-0.3, -0.25) is 0 Å². The Balaban J connectivity index is 1.75. The Morgan fingerprint density at radius 2 is 1.79 bits per heavy atom. The first-order valence-corrected chi connectivity index (χ1v) is 12.2. The molecule has 6 atom stereocenters. The van der Waals surface area contributed by atoms with Crippen molar-refractivity contribution >= 4 is 0 Å². The van der Waals surface area contributed by atoms with E-state index < -0.39 is 0 Å². The molecule has 0 radical (unpaired) electrons. The second-order valence-corrected chi connectivity index (χ2v) is 10.9. The van der Waals surface area contributed by atoms with E-state index >= 15 is 0 Å². The maximum Gasteiger partial charge on any atom is 0.0583 e. The van der Waals surface area contributed by atoms with Gasteiger partial charge >= 0.3 is 0 Å². The lowest BCUT2D eigenvalue weighted by Gasteiger charge is -2.44. The van der Waals surface area contributed by atoms with Crippen molar-refractivity contribution in [1.82, 2.24) is 0 Å². The fourth-order valence-corrected chi connectivity index (χ4v) is 6.25. The molecule has 0 aromatic carbocycles. The molecule has 0 bridgehead atoms. The molecule has 3 saturated carbocycles. The molecule has 0 aromatic heterocycles. The van der Waals surface area contributed by atoms with Gasteiger partial charge in [-0.1, -0.05) is 76.6 Å². The lowest BCUT2D eigenvalue weighted by Crippen LogP contribution is -2.35. The van der Waals surface area contributed by atoms with Crippen molar-refractivity contribution in [2.24, 2.45) is 35.0 Å². The minimum Gasteiger partial charge on any atom is -0.393 e. The van der Waals surface area contributed by atoms with E-state index in [9.17, 15) is 5.11 Å². The summed E-state index contributed by atoms with van der Waals surface area (Å²) >= 11 is 0. The average molecular weight is 397 g/mol. The minimum absolute atomic E-state index is 0.182. The SMILES string of the molecule is C=C1CC[C@@H](O)C/C1=C/C=C1CCC[C@]2(C)[C@@H]([C@H](C)/C=C/[C@H](C)C(C)C)CC[C@@H]12. The summed E-state index contributed by atoms with van der Waals surface area (Å²) in [5.41, 5.74) is 4.61. The predicted octanol–water partition coefficient (Wildman–Crippen LogP) is 7.64. The smallest absolute Gasteiger partial charge is 0.0583 e. The number of rotatable bonds is 5. The van der Waals surface area contributed by atoms with Crippen molar-refractivity contribution < 1.29 is 5.11 Å². The quantitative estimate of drug-likeness (QED) is 0.473. The van der Waals surface area contributed by atoms with E-state index in [1.165, 1.54) is 43.3 Å². The molecule has 0 aliphatic heterocycles. The molecule has 1 nitrogen and oxygen atoms in total. The van der Waals surface area contributed by atoms with Crippen LogP contribution < -0.4 is 0 Å². The maximum absolute atomic E-state index is 10.0. The highest BCUT2D eigenvalue weighted by molar-refractivity contribution is 5.36. The summed E-state index contributed by atoms with van der Waals surface area (Å²) < 4.78 is 0. The molecular weight excluding hydrogens is 352 g/mol. The third-order valence-corrected chi connectivity index (χ3v) is 8.63. The van der Waals surface area contributed by atoms with Crippen molar-refractivity contribution in [2.45, 2.75) is 92.1 Å². The van der Waals surface area contributed by atoms with Crippen LogP contribution in [0.5, 0.6) is 0 Å². The van der Waals surface area contributed by atoms with Crippen molar-refractivity contribution in [1.29, 1.82) is 0 Å². The Labute approximate surface area is 180 Å². The summed E-state index contributed by atoms with van der Waals surface area (Å²) in [6, 6.07) is 0. The van der Waals surface area contributed by atoms with E-state index in [2.05, 4.69) is 65.5 Å². The standard InChI is InChI=1S/C28H44O/c1-19(2)20(3)9-10-22(5)26-15-16-27-23(8-7-17-28(26,27)6)12-13-24-18-25(29)14-11-21(24)4/h9-10,12-13,19-20,22,25-27,29H,4,7-8,11,14-18H2,1-3,5-6H3/b10-9+,23-12?,24-13-/t20-,22+,25+,26+,27-,28+/m0/s1. The van der Waals surface area contributed by atoms with Crippen LogP contribution in [0.3, 0.4) is 0 Å². The Morgan fingerprint density at radius 1 is 1.03 bits per heavy atom. The fourth-order valence-electron chi connectivity index (χ4n) is 6.25. The molecule has 0 aromatic rings. The average Bonchev–Trinajstić information content (AvgIpc) is 3.04. The van der Waals surface area contributed by atoms with Crippen molar-refractivity contribution in [3.63, 3.8) is 0 Å². The fraction of sp³-hybridized carbons (Fsp3) is 0.714. The molecule has 3 aliphatic carbocycles. The molecule has 0 spiro atoms. The molecule has 1 heteroatoms. The minimum atomic E-state index is -0.182. The van der Waals surface area contributed by atoms with Gasteiger partial charge in [-0.15, -0.1) is 0 Å². The van der Waals surface area contributed by atoms with Gasteiger partial charge in [0.05, 0.1) is 6.10 Å². The maximum atomic E-state index is 10.0. The predicted molar refractivity (Wildman–Crippen MR) is 126 cm³/mol. The van der Waals surface area contributed by atoms with Crippen LogP contribution in [0.15, 0.2) is 47.6 Å². The summed E-state index contributed by atoms with van der Waals surface area (Å²) in [6.07, 6.45) is 18.8. The van der Waals surface area contributed by atoms with Crippen LogP contribution in [0.25, 0.3) is 0 Å². The molecule has 0 saturated heterocycles. The van der Waals surface area contributed by atoms with Crippen LogP contribution in [0, 0.1) is 35.0 Å². The van der Waals surface area contributed by atoms with E-state index in [1.54, 1.807) is 5.57 Å². The van der Waals surface area contributed by atoms with Gasteiger partial charge in [-0.25, -0.2) is 0 Å². The highest BCUT2D eigenvalue weighted by atomic mass is 16.3. The Kier molecular flexibility index (Phi) is 7.31. The van der Waals surface area contributed by atoms with E-state index in [-0.39, 0.29) is 6.10 Å². The number of aliphatic hydroxyl groups is 1. The van der Waals surface area contributed by atoms with Gasteiger partial charge in [0.25, 0.3) is 0 Å². The van der Waals surface area contributed by atoms with Crippen molar-refractivity contribution in [3.8, 4) is 0 Å². The first-order valence-electron chi connectivity index (χ1n) is 12.2. The zero-order chi connectivity index (χ0) is 21.2. The Hall–Kier alpha value is -1.08. The van der Waals surface area contributed by atoms with Gasteiger partial charge in [-0.05, 0) is 91.9 Å². The van der Waals surface area contributed by atoms with Crippen LogP contribution >= 0.6 is 0 Å². The summed E-state index contributed by atoms with van der Waals surface area (Å²) in [4.78, 5) is 0. The summed E-state index contributed by atoms with van der Waals surface area (Å²) in [5.74, 6) is 3.58. The van der Waals surface area contributed by atoms with Crippen LogP contribution in [0.2, 0.25) is 0 Å². The molecule has 3 rings (SSSR count). The monoisotopic (exact) mass is 396 g/mol. The third-order valence-electron chi connectivity index (χ3n) is 8.63. The van der Waals surface area contributed by atoms with Crippen molar-refractivity contribution in [3.05, 3.63) is 47.6 Å². The molecule has 0 heterocycles. The summed E-state index contributed by atoms with van der Waals surface area (Å²) in [6.45, 7) is 16.3. The molecule has 3 fully saturated rings. The number of hydrogen-bond donors (Lipinski definition) is 1. The molecule has 29 heavy (non-hydrogen) atoms. The van der Waals surface area contributed by atoms with Gasteiger partial charge in [0.2, 0.25) is 0 Å². The van der Waals surface area contributed by atoms with Crippen molar-refractivity contribution in [2.75, 3.05) is 0 Å². The van der Waals surface area contributed by atoms with Crippen LogP contribution in [0.4, 0.5) is 0 Å². The van der Waals surface area contributed by atoms with E-state index in [4.69, 9.17) is 0 Å². The second-order valence-electron chi connectivity index (χ2n) is 10.9. The van der Waals surface area contributed by atoms with Gasteiger partial charge in [0.15, 0.2) is 0 Å². The number of hydrogen-bond acceptors (Lipinski definition) is 1. The molecular formula is C28H44O. The van der Waals surface area contributed by atoms with Gasteiger partial charge in [0.1, 0.15) is 0 Å². The molecule has 162 valence electrons. The molecule has 3 aliphatic rings.